The highest BCUT2D eigenvalue weighted by Gasteiger charge is 2.44. The largest absolute Gasteiger partial charge is 0.481 e. The highest BCUT2D eigenvalue weighted by molar-refractivity contribution is 5.75. The Bertz CT molecular complexity index is 195. The predicted octanol–water partition coefficient (Wildman–Crippen LogP) is 2.30. The molecule has 0 amide bonds. The minimum atomic E-state index is -0.637. The minimum Gasteiger partial charge on any atom is -0.481 e. The summed E-state index contributed by atoms with van der Waals surface area (Å²) in [5.41, 5.74) is -0.520. The minimum absolute atomic E-state index is 0.116. The van der Waals surface area contributed by atoms with Crippen LogP contribution in [0.4, 0.5) is 0 Å². The second kappa shape index (κ2) is 4.78. The van der Waals surface area contributed by atoms with Gasteiger partial charge in [-0.1, -0.05) is 26.2 Å². The number of rotatable bonds is 4. The fourth-order valence-electron chi connectivity index (χ4n) is 2.51. The highest BCUT2D eigenvalue weighted by Crippen LogP contribution is 2.42. The van der Waals surface area contributed by atoms with Crippen molar-refractivity contribution in [1.82, 2.24) is 0 Å². The van der Waals surface area contributed by atoms with Gasteiger partial charge in [-0.2, -0.15) is 0 Å². The Hall–Kier alpha value is -0.570. The molecular formula is C11H20O3. The van der Waals surface area contributed by atoms with E-state index in [9.17, 15) is 9.90 Å². The van der Waals surface area contributed by atoms with Crippen molar-refractivity contribution in [1.29, 1.82) is 0 Å². The van der Waals surface area contributed by atoms with Gasteiger partial charge >= 0.3 is 5.97 Å². The molecular weight excluding hydrogens is 180 g/mol. The van der Waals surface area contributed by atoms with E-state index in [0.717, 1.165) is 25.7 Å². The molecule has 0 aromatic rings. The van der Waals surface area contributed by atoms with Gasteiger partial charge in [0.1, 0.15) is 0 Å². The Kier molecular flexibility index (Phi) is 3.93. The highest BCUT2D eigenvalue weighted by atomic mass is 16.5. The average molecular weight is 200 g/mol. The number of hydrogen-bond donors (Lipinski definition) is 1. The summed E-state index contributed by atoms with van der Waals surface area (Å²) in [5.74, 6) is -0.521. The maximum Gasteiger partial charge on any atom is 0.309 e. The number of hydrogen-bond acceptors (Lipinski definition) is 2. The quantitative estimate of drug-likeness (QED) is 0.757. The van der Waals surface area contributed by atoms with Crippen LogP contribution in [0.2, 0.25) is 0 Å². The van der Waals surface area contributed by atoms with Crippen LogP contribution in [0.3, 0.4) is 0 Å². The van der Waals surface area contributed by atoms with Crippen molar-refractivity contribution in [3.05, 3.63) is 0 Å². The van der Waals surface area contributed by atoms with E-state index in [2.05, 4.69) is 0 Å². The number of ether oxygens (including phenoxy) is 1. The van der Waals surface area contributed by atoms with Crippen molar-refractivity contribution in [3.8, 4) is 0 Å². The summed E-state index contributed by atoms with van der Waals surface area (Å²) >= 11 is 0. The normalized spacial score (nSPS) is 23.0. The Balaban J connectivity index is 2.74. The third kappa shape index (κ3) is 2.08. The van der Waals surface area contributed by atoms with Crippen molar-refractivity contribution in [2.45, 2.75) is 39.0 Å². The van der Waals surface area contributed by atoms with Crippen LogP contribution in [0.25, 0.3) is 0 Å². The van der Waals surface area contributed by atoms with Gasteiger partial charge in [-0.3, -0.25) is 4.79 Å². The van der Waals surface area contributed by atoms with Gasteiger partial charge in [0, 0.05) is 13.7 Å². The Morgan fingerprint density at radius 2 is 2.00 bits per heavy atom. The number of carboxylic acids is 1. The van der Waals surface area contributed by atoms with Crippen LogP contribution in [0.5, 0.6) is 0 Å². The van der Waals surface area contributed by atoms with Crippen LogP contribution in [-0.4, -0.2) is 24.8 Å². The van der Waals surface area contributed by atoms with Crippen LogP contribution in [-0.2, 0) is 9.53 Å². The van der Waals surface area contributed by atoms with Crippen LogP contribution >= 0.6 is 0 Å². The monoisotopic (exact) mass is 200 g/mol. The van der Waals surface area contributed by atoms with Gasteiger partial charge in [0.25, 0.3) is 0 Å². The first-order valence-electron chi connectivity index (χ1n) is 5.36. The lowest BCUT2D eigenvalue weighted by molar-refractivity contribution is -0.156. The van der Waals surface area contributed by atoms with E-state index in [0.29, 0.717) is 6.61 Å². The summed E-state index contributed by atoms with van der Waals surface area (Å²) in [6.07, 6.45) is 4.88. The number of carbonyl (C=O) groups is 1. The molecule has 1 N–H and O–H groups in total. The smallest absolute Gasteiger partial charge is 0.309 e. The Morgan fingerprint density at radius 1 is 1.43 bits per heavy atom. The molecule has 0 bridgehead atoms. The summed E-state index contributed by atoms with van der Waals surface area (Å²) in [6, 6.07) is 0. The molecule has 82 valence electrons. The van der Waals surface area contributed by atoms with Crippen molar-refractivity contribution in [2.75, 3.05) is 13.7 Å². The molecule has 1 fully saturated rings. The molecule has 0 aromatic carbocycles. The molecule has 0 saturated heterocycles. The molecule has 1 unspecified atom stereocenters. The Labute approximate surface area is 85.5 Å². The lowest BCUT2D eigenvalue weighted by atomic mass is 9.66. The zero-order chi connectivity index (χ0) is 10.6. The van der Waals surface area contributed by atoms with Crippen molar-refractivity contribution >= 4 is 5.97 Å². The topological polar surface area (TPSA) is 46.5 Å². The molecule has 1 saturated carbocycles. The fraction of sp³-hybridized carbons (Fsp3) is 0.909. The van der Waals surface area contributed by atoms with Gasteiger partial charge < -0.3 is 9.84 Å². The van der Waals surface area contributed by atoms with Crippen LogP contribution in [0.15, 0.2) is 0 Å². The van der Waals surface area contributed by atoms with Gasteiger partial charge in [0.2, 0.25) is 0 Å². The molecule has 0 spiro atoms. The molecule has 0 radical (unpaired) electrons. The zero-order valence-corrected chi connectivity index (χ0v) is 9.08. The van der Waals surface area contributed by atoms with E-state index in [1.165, 1.54) is 6.42 Å². The molecule has 3 heteroatoms. The first-order chi connectivity index (χ1) is 6.63. The molecule has 3 nitrogen and oxygen atoms in total. The van der Waals surface area contributed by atoms with Gasteiger partial charge in [0.15, 0.2) is 0 Å². The summed E-state index contributed by atoms with van der Waals surface area (Å²) in [4.78, 5) is 11.3. The third-order valence-electron chi connectivity index (χ3n) is 3.53. The molecule has 14 heavy (non-hydrogen) atoms. The van der Waals surface area contributed by atoms with E-state index in [1.807, 2.05) is 6.92 Å². The number of carboxylic acid groups (broad SMARTS) is 1. The second-order valence-corrected chi connectivity index (χ2v) is 4.38. The van der Waals surface area contributed by atoms with Gasteiger partial charge in [0.05, 0.1) is 5.41 Å². The van der Waals surface area contributed by atoms with Gasteiger partial charge in [-0.25, -0.2) is 0 Å². The summed E-state index contributed by atoms with van der Waals surface area (Å²) in [7, 11) is 1.63. The van der Waals surface area contributed by atoms with Crippen LogP contribution in [0, 0.1) is 11.3 Å². The predicted molar refractivity (Wildman–Crippen MR) is 54.2 cm³/mol. The second-order valence-electron chi connectivity index (χ2n) is 4.38. The van der Waals surface area contributed by atoms with Crippen LogP contribution < -0.4 is 0 Å². The lowest BCUT2D eigenvalue weighted by Crippen LogP contribution is -2.41. The van der Waals surface area contributed by atoms with Crippen molar-refractivity contribution < 1.29 is 14.6 Å². The Morgan fingerprint density at radius 3 is 2.43 bits per heavy atom. The summed E-state index contributed by atoms with van der Waals surface area (Å²) < 4.78 is 5.07. The molecule has 1 aliphatic rings. The third-order valence-corrected chi connectivity index (χ3v) is 3.53. The van der Waals surface area contributed by atoms with E-state index in [1.54, 1.807) is 7.11 Å². The number of methoxy groups -OCH3 is 1. The lowest BCUT2D eigenvalue weighted by Gasteiger charge is -2.38. The first kappa shape index (κ1) is 11.5. The maximum absolute atomic E-state index is 11.3. The molecule has 0 heterocycles. The molecule has 1 rings (SSSR count). The van der Waals surface area contributed by atoms with Gasteiger partial charge in [-0.15, -0.1) is 0 Å². The van der Waals surface area contributed by atoms with Gasteiger partial charge in [-0.05, 0) is 18.8 Å². The van der Waals surface area contributed by atoms with Crippen molar-refractivity contribution in [3.63, 3.8) is 0 Å². The number of aliphatic carboxylic acids is 1. The average Bonchev–Trinajstić information content (AvgIpc) is 2.19. The molecule has 0 aliphatic heterocycles. The van der Waals surface area contributed by atoms with E-state index in [4.69, 9.17) is 4.74 Å². The zero-order valence-electron chi connectivity index (χ0n) is 9.08. The molecule has 1 atom stereocenters. The van der Waals surface area contributed by atoms with E-state index in [-0.39, 0.29) is 5.92 Å². The maximum atomic E-state index is 11.3. The van der Waals surface area contributed by atoms with Crippen molar-refractivity contribution in [2.24, 2.45) is 11.3 Å². The molecule has 0 aromatic heterocycles. The molecule has 1 aliphatic carbocycles. The van der Waals surface area contributed by atoms with E-state index < -0.39 is 11.4 Å². The van der Waals surface area contributed by atoms with E-state index >= 15 is 0 Å². The fourth-order valence-corrected chi connectivity index (χ4v) is 2.51. The summed E-state index contributed by atoms with van der Waals surface area (Å²) in [5, 5.41) is 9.33. The standard InChI is InChI=1S/C11H20O3/c1-9(8-14-2)11(10(12)13)6-4-3-5-7-11/h9H,3-8H2,1-2H3,(H,12,13). The SMILES string of the molecule is COCC(C)C1(C(=O)O)CCCCC1. The van der Waals surface area contributed by atoms with Crippen LogP contribution in [0.1, 0.15) is 39.0 Å². The first-order valence-corrected chi connectivity index (χ1v) is 5.36. The summed E-state index contributed by atoms with van der Waals surface area (Å²) in [6.45, 7) is 2.54.